The summed E-state index contributed by atoms with van der Waals surface area (Å²) < 4.78 is 15.7. The quantitative estimate of drug-likeness (QED) is 0.804. The molecule has 0 N–H and O–H groups in total. The van der Waals surface area contributed by atoms with Gasteiger partial charge in [-0.25, -0.2) is 0 Å². The van der Waals surface area contributed by atoms with E-state index in [4.69, 9.17) is 19.5 Å². The molecule has 19 heavy (non-hydrogen) atoms. The first-order chi connectivity index (χ1) is 9.22. The van der Waals surface area contributed by atoms with E-state index < -0.39 is 0 Å². The average molecular weight is 261 g/mol. The van der Waals surface area contributed by atoms with Gasteiger partial charge in [-0.15, -0.1) is 0 Å². The second-order valence-corrected chi connectivity index (χ2v) is 4.32. The molecule has 1 aromatic rings. The molecule has 0 amide bonds. The molecule has 1 atom stereocenters. The Morgan fingerprint density at radius 1 is 1.47 bits per heavy atom. The minimum absolute atomic E-state index is 0.00787. The smallest absolute Gasteiger partial charge is 0.175 e. The fourth-order valence-electron chi connectivity index (χ4n) is 1.90. The molecule has 100 valence electrons. The van der Waals surface area contributed by atoms with Gasteiger partial charge in [-0.1, -0.05) is 0 Å². The van der Waals surface area contributed by atoms with Crippen molar-refractivity contribution in [3.05, 3.63) is 23.8 Å². The highest BCUT2D eigenvalue weighted by molar-refractivity contribution is 5.82. The van der Waals surface area contributed by atoms with Crippen molar-refractivity contribution in [3.63, 3.8) is 0 Å². The van der Waals surface area contributed by atoms with E-state index in [-0.39, 0.29) is 18.3 Å². The number of ether oxygens (including phenoxy) is 3. The standard InChI is InChI=1S/C14H15NO4/c1-17-12-4-10(7-15)5-13(6-12)19-9-14(16)11-2-3-18-8-11/h4-6,11H,2-3,8-9H2,1H3. The van der Waals surface area contributed by atoms with Gasteiger partial charge in [0.05, 0.1) is 25.3 Å². The number of ketones is 1. The van der Waals surface area contributed by atoms with Crippen LogP contribution in [0.4, 0.5) is 0 Å². The van der Waals surface area contributed by atoms with Gasteiger partial charge in [0.15, 0.2) is 5.78 Å². The molecule has 5 heteroatoms. The summed E-state index contributed by atoms with van der Waals surface area (Å²) in [5.74, 6) is 0.953. The zero-order valence-corrected chi connectivity index (χ0v) is 10.7. The van der Waals surface area contributed by atoms with Crippen LogP contribution in [0.2, 0.25) is 0 Å². The Balaban J connectivity index is 1.98. The van der Waals surface area contributed by atoms with Gasteiger partial charge < -0.3 is 14.2 Å². The van der Waals surface area contributed by atoms with Crippen LogP contribution in [0.25, 0.3) is 0 Å². The summed E-state index contributed by atoms with van der Waals surface area (Å²) in [6.45, 7) is 1.10. The molecule has 1 heterocycles. The van der Waals surface area contributed by atoms with Crippen molar-refractivity contribution in [1.29, 1.82) is 5.26 Å². The molecular weight excluding hydrogens is 246 g/mol. The zero-order valence-electron chi connectivity index (χ0n) is 10.7. The minimum atomic E-state index is -0.0685. The number of nitrogens with zero attached hydrogens (tertiary/aromatic N) is 1. The van der Waals surface area contributed by atoms with E-state index in [0.29, 0.717) is 30.3 Å². The van der Waals surface area contributed by atoms with Crippen LogP contribution in [0.15, 0.2) is 18.2 Å². The van der Waals surface area contributed by atoms with Gasteiger partial charge in [0.25, 0.3) is 0 Å². The Labute approximate surface area is 111 Å². The Bertz CT molecular complexity index is 501. The molecule has 0 aliphatic carbocycles. The Morgan fingerprint density at radius 2 is 2.26 bits per heavy atom. The van der Waals surface area contributed by atoms with Crippen molar-refractivity contribution in [2.75, 3.05) is 26.9 Å². The fraction of sp³-hybridized carbons (Fsp3) is 0.429. The van der Waals surface area contributed by atoms with E-state index in [1.165, 1.54) is 7.11 Å². The number of hydrogen-bond donors (Lipinski definition) is 0. The molecule has 0 bridgehead atoms. The molecule has 1 unspecified atom stereocenters. The van der Waals surface area contributed by atoms with E-state index in [1.54, 1.807) is 18.2 Å². The van der Waals surface area contributed by atoms with Crippen molar-refractivity contribution in [2.24, 2.45) is 5.92 Å². The number of Topliss-reactive ketones (excluding diaryl/α,β-unsaturated/α-hetero) is 1. The highest BCUT2D eigenvalue weighted by Gasteiger charge is 2.23. The SMILES string of the molecule is COc1cc(C#N)cc(OCC(=O)C2CCOC2)c1. The lowest BCUT2D eigenvalue weighted by Crippen LogP contribution is -2.21. The fourth-order valence-corrected chi connectivity index (χ4v) is 1.90. The highest BCUT2D eigenvalue weighted by Crippen LogP contribution is 2.23. The highest BCUT2D eigenvalue weighted by atomic mass is 16.5. The van der Waals surface area contributed by atoms with Crippen molar-refractivity contribution in [1.82, 2.24) is 0 Å². The molecule has 0 aromatic heterocycles. The first-order valence-electron chi connectivity index (χ1n) is 6.05. The van der Waals surface area contributed by atoms with Crippen molar-refractivity contribution in [3.8, 4) is 17.6 Å². The number of benzene rings is 1. The summed E-state index contributed by atoms with van der Waals surface area (Å²) in [6, 6.07) is 6.87. The molecule has 1 aliphatic rings. The lowest BCUT2D eigenvalue weighted by Gasteiger charge is -2.10. The summed E-state index contributed by atoms with van der Waals surface area (Å²) in [5, 5.41) is 8.89. The predicted molar refractivity (Wildman–Crippen MR) is 67.1 cm³/mol. The van der Waals surface area contributed by atoms with Crippen LogP contribution >= 0.6 is 0 Å². The van der Waals surface area contributed by atoms with Crippen LogP contribution in [0, 0.1) is 17.2 Å². The number of carbonyl (C=O) groups excluding carboxylic acids is 1. The van der Waals surface area contributed by atoms with Crippen LogP contribution in [-0.2, 0) is 9.53 Å². The summed E-state index contributed by atoms with van der Waals surface area (Å²) in [5.41, 5.74) is 0.436. The van der Waals surface area contributed by atoms with Crippen molar-refractivity contribution >= 4 is 5.78 Å². The lowest BCUT2D eigenvalue weighted by molar-refractivity contribution is -0.124. The third-order valence-corrected chi connectivity index (χ3v) is 3.01. The number of carbonyl (C=O) groups is 1. The Hall–Kier alpha value is -2.06. The van der Waals surface area contributed by atoms with E-state index in [1.807, 2.05) is 6.07 Å². The van der Waals surface area contributed by atoms with Crippen molar-refractivity contribution in [2.45, 2.75) is 6.42 Å². The minimum Gasteiger partial charge on any atom is -0.497 e. The van der Waals surface area contributed by atoms with Gasteiger partial charge in [-0.3, -0.25) is 4.79 Å². The first-order valence-corrected chi connectivity index (χ1v) is 6.05. The molecule has 0 saturated carbocycles. The van der Waals surface area contributed by atoms with Crippen LogP contribution in [0.3, 0.4) is 0 Å². The number of nitriles is 1. The molecule has 0 radical (unpaired) electrons. The second-order valence-electron chi connectivity index (χ2n) is 4.32. The van der Waals surface area contributed by atoms with E-state index in [0.717, 1.165) is 6.42 Å². The molecule has 1 aliphatic heterocycles. The van der Waals surface area contributed by atoms with E-state index >= 15 is 0 Å². The first kappa shape index (κ1) is 13.4. The van der Waals surface area contributed by atoms with Crippen LogP contribution in [0.5, 0.6) is 11.5 Å². The van der Waals surface area contributed by atoms with Crippen LogP contribution in [0.1, 0.15) is 12.0 Å². The van der Waals surface area contributed by atoms with Crippen molar-refractivity contribution < 1.29 is 19.0 Å². The van der Waals surface area contributed by atoms with Gasteiger partial charge >= 0.3 is 0 Å². The van der Waals surface area contributed by atoms with Crippen LogP contribution in [-0.4, -0.2) is 32.7 Å². The normalized spacial score (nSPS) is 17.8. The monoisotopic (exact) mass is 261 g/mol. The summed E-state index contributed by atoms with van der Waals surface area (Å²) in [6.07, 6.45) is 0.754. The largest absolute Gasteiger partial charge is 0.497 e. The molecule has 5 nitrogen and oxygen atoms in total. The summed E-state index contributed by atoms with van der Waals surface area (Å²) in [7, 11) is 1.52. The second kappa shape index (κ2) is 6.21. The van der Waals surface area contributed by atoms with Gasteiger partial charge in [-0.2, -0.15) is 5.26 Å². The lowest BCUT2D eigenvalue weighted by atomic mass is 10.0. The topological polar surface area (TPSA) is 68.5 Å². The maximum Gasteiger partial charge on any atom is 0.175 e. The maximum absolute atomic E-state index is 11.8. The van der Waals surface area contributed by atoms with E-state index in [9.17, 15) is 4.79 Å². The van der Waals surface area contributed by atoms with Gasteiger partial charge in [-0.05, 0) is 18.6 Å². The molecule has 1 fully saturated rings. The number of methoxy groups -OCH3 is 1. The zero-order chi connectivity index (χ0) is 13.7. The van der Waals surface area contributed by atoms with Gasteiger partial charge in [0, 0.05) is 18.6 Å². The third-order valence-electron chi connectivity index (χ3n) is 3.01. The molecular formula is C14H15NO4. The number of rotatable bonds is 5. The molecule has 2 rings (SSSR count). The summed E-state index contributed by atoms with van der Waals surface area (Å²) >= 11 is 0. The van der Waals surface area contributed by atoms with Gasteiger partial charge in [0.2, 0.25) is 0 Å². The molecule has 1 aromatic carbocycles. The van der Waals surface area contributed by atoms with E-state index in [2.05, 4.69) is 0 Å². The molecule has 0 spiro atoms. The van der Waals surface area contributed by atoms with Gasteiger partial charge in [0.1, 0.15) is 18.1 Å². The maximum atomic E-state index is 11.8. The van der Waals surface area contributed by atoms with Crippen LogP contribution < -0.4 is 9.47 Å². The number of hydrogen-bond acceptors (Lipinski definition) is 5. The Morgan fingerprint density at radius 3 is 2.89 bits per heavy atom. The Kier molecular flexibility index (Phi) is 4.37. The molecule has 1 saturated heterocycles. The average Bonchev–Trinajstić information content (AvgIpc) is 2.98. The summed E-state index contributed by atoms with van der Waals surface area (Å²) in [4.78, 5) is 11.8. The predicted octanol–water partition coefficient (Wildman–Crippen LogP) is 1.55. The third kappa shape index (κ3) is 3.46.